The Labute approximate surface area is 118 Å². The fourth-order valence-corrected chi connectivity index (χ4v) is 3.14. The van der Waals surface area contributed by atoms with Gasteiger partial charge >= 0.3 is 0 Å². The molecule has 1 aliphatic rings. The van der Waals surface area contributed by atoms with Gasteiger partial charge in [0.1, 0.15) is 0 Å². The van der Waals surface area contributed by atoms with E-state index in [9.17, 15) is 0 Å². The molecule has 2 rings (SSSR count). The summed E-state index contributed by atoms with van der Waals surface area (Å²) in [6, 6.07) is 6.75. The van der Waals surface area contributed by atoms with Crippen LogP contribution in [-0.4, -0.2) is 26.7 Å². The minimum Gasteiger partial charge on any atom is -0.374 e. The van der Waals surface area contributed by atoms with Gasteiger partial charge < -0.3 is 10.2 Å². The molecule has 0 radical (unpaired) electrons. The molecule has 0 spiro atoms. The zero-order valence-corrected chi connectivity index (χ0v) is 12.7. The van der Waals surface area contributed by atoms with Crippen molar-refractivity contribution >= 4 is 5.69 Å². The molecule has 2 nitrogen and oxygen atoms in total. The van der Waals surface area contributed by atoms with Crippen molar-refractivity contribution in [3.63, 3.8) is 0 Å². The Kier molecular flexibility index (Phi) is 5.26. The number of aryl methyl sites for hydroxylation is 2. The van der Waals surface area contributed by atoms with Crippen LogP contribution in [0, 0.1) is 19.8 Å². The number of benzene rings is 1. The van der Waals surface area contributed by atoms with E-state index in [-0.39, 0.29) is 0 Å². The highest BCUT2D eigenvalue weighted by Crippen LogP contribution is 2.22. The molecule has 106 valence electrons. The summed E-state index contributed by atoms with van der Waals surface area (Å²) >= 11 is 0. The van der Waals surface area contributed by atoms with Crippen LogP contribution < -0.4 is 10.2 Å². The molecule has 0 unspecified atom stereocenters. The zero-order valence-electron chi connectivity index (χ0n) is 12.7. The van der Waals surface area contributed by atoms with Crippen LogP contribution in [0.4, 0.5) is 5.69 Å². The van der Waals surface area contributed by atoms with E-state index in [1.54, 1.807) is 0 Å². The van der Waals surface area contributed by atoms with Crippen LogP contribution in [0.25, 0.3) is 0 Å². The second-order valence-corrected chi connectivity index (χ2v) is 6.05. The van der Waals surface area contributed by atoms with Crippen LogP contribution >= 0.6 is 0 Å². The van der Waals surface area contributed by atoms with Crippen LogP contribution in [0.1, 0.15) is 36.8 Å². The van der Waals surface area contributed by atoms with Gasteiger partial charge in [0.25, 0.3) is 0 Å². The van der Waals surface area contributed by atoms with E-state index < -0.39 is 0 Å². The van der Waals surface area contributed by atoms with Gasteiger partial charge in [0.05, 0.1) is 0 Å². The minimum absolute atomic E-state index is 0.953. The highest BCUT2D eigenvalue weighted by atomic mass is 15.1. The van der Waals surface area contributed by atoms with Crippen LogP contribution in [0.5, 0.6) is 0 Å². The van der Waals surface area contributed by atoms with Gasteiger partial charge in [0.2, 0.25) is 0 Å². The summed E-state index contributed by atoms with van der Waals surface area (Å²) in [5.41, 5.74) is 4.13. The van der Waals surface area contributed by atoms with Gasteiger partial charge in [-0.3, -0.25) is 0 Å². The monoisotopic (exact) mass is 260 g/mol. The van der Waals surface area contributed by atoms with Crippen molar-refractivity contribution in [3.8, 4) is 0 Å². The highest BCUT2D eigenvalue weighted by Gasteiger charge is 2.13. The number of anilines is 1. The summed E-state index contributed by atoms with van der Waals surface area (Å²) in [6.45, 7) is 7.99. The highest BCUT2D eigenvalue weighted by molar-refractivity contribution is 5.53. The quantitative estimate of drug-likeness (QED) is 0.871. The van der Waals surface area contributed by atoms with Crippen LogP contribution in [0.15, 0.2) is 18.2 Å². The van der Waals surface area contributed by atoms with Crippen LogP contribution in [0.2, 0.25) is 0 Å². The standard InChI is InChI=1S/C17H28N2/c1-14-6-7-17(15(2)13-14)19(3)12-4-5-16-8-10-18-11-9-16/h6-7,13,16,18H,4-5,8-12H2,1-3H3. The Hall–Kier alpha value is -1.02. The molecule has 0 amide bonds. The Balaban J connectivity index is 1.78. The van der Waals surface area contributed by atoms with Gasteiger partial charge in [-0.2, -0.15) is 0 Å². The SMILES string of the molecule is Cc1ccc(N(C)CCCC2CCNCC2)c(C)c1. The average Bonchev–Trinajstić information content (AvgIpc) is 2.39. The number of piperidine rings is 1. The molecular formula is C17H28N2. The number of hydrogen-bond donors (Lipinski definition) is 1. The van der Waals surface area contributed by atoms with E-state index in [1.807, 2.05) is 0 Å². The molecule has 0 bridgehead atoms. The molecule has 0 aromatic heterocycles. The number of nitrogens with one attached hydrogen (secondary N) is 1. The second-order valence-electron chi connectivity index (χ2n) is 6.05. The van der Waals surface area contributed by atoms with E-state index in [1.165, 1.54) is 62.1 Å². The second kappa shape index (κ2) is 6.95. The third-order valence-corrected chi connectivity index (χ3v) is 4.33. The summed E-state index contributed by atoms with van der Waals surface area (Å²) in [5, 5.41) is 3.44. The zero-order chi connectivity index (χ0) is 13.7. The van der Waals surface area contributed by atoms with Crippen molar-refractivity contribution in [2.75, 3.05) is 31.6 Å². The first-order valence-electron chi connectivity index (χ1n) is 7.66. The Bertz CT molecular complexity index is 394. The van der Waals surface area contributed by atoms with Crippen LogP contribution in [-0.2, 0) is 0 Å². The van der Waals surface area contributed by atoms with E-state index in [2.05, 4.69) is 49.3 Å². The van der Waals surface area contributed by atoms with Gasteiger partial charge in [-0.25, -0.2) is 0 Å². The third-order valence-electron chi connectivity index (χ3n) is 4.33. The normalized spacial score (nSPS) is 16.6. The van der Waals surface area contributed by atoms with Crippen molar-refractivity contribution in [2.24, 2.45) is 5.92 Å². The lowest BCUT2D eigenvalue weighted by atomic mass is 9.93. The van der Waals surface area contributed by atoms with Crippen molar-refractivity contribution in [2.45, 2.75) is 39.5 Å². The van der Waals surface area contributed by atoms with Gasteiger partial charge in [0, 0.05) is 19.3 Å². The maximum absolute atomic E-state index is 3.44. The first-order chi connectivity index (χ1) is 9.16. The first-order valence-corrected chi connectivity index (χ1v) is 7.66. The van der Waals surface area contributed by atoms with E-state index in [0.717, 1.165) is 5.92 Å². The Morgan fingerprint density at radius 3 is 2.63 bits per heavy atom. The lowest BCUT2D eigenvalue weighted by Gasteiger charge is -2.25. The summed E-state index contributed by atoms with van der Waals surface area (Å²) in [4.78, 5) is 2.41. The number of hydrogen-bond acceptors (Lipinski definition) is 2. The predicted octanol–water partition coefficient (Wildman–Crippen LogP) is 3.52. The summed E-state index contributed by atoms with van der Waals surface area (Å²) < 4.78 is 0. The molecule has 0 aliphatic carbocycles. The van der Waals surface area contributed by atoms with Gasteiger partial charge in [-0.1, -0.05) is 17.7 Å². The lowest BCUT2D eigenvalue weighted by molar-refractivity contribution is 0.348. The smallest absolute Gasteiger partial charge is 0.0393 e. The van der Waals surface area contributed by atoms with Gasteiger partial charge in [-0.05, 0) is 70.2 Å². The fraction of sp³-hybridized carbons (Fsp3) is 0.647. The first kappa shape index (κ1) is 14.4. The van der Waals surface area contributed by atoms with Crippen molar-refractivity contribution < 1.29 is 0 Å². The fourth-order valence-electron chi connectivity index (χ4n) is 3.14. The minimum atomic E-state index is 0.953. The van der Waals surface area contributed by atoms with Crippen molar-refractivity contribution in [3.05, 3.63) is 29.3 Å². The Morgan fingerprint density at radius 1 is 1.21 bits per heavy atom. The third kappa shape index (κ3) is 4.24. The molecular weight excluding hydrogens is 232 g/mol. The summed E-state index contributed by atoms with van der Waals surface area (Å²) in [7, 11) is 2.22. The van der Waals surface area contributed by atoms with E-state index in [0.29, 0.717) is 0 Å². The molecule has 1 aromatic rings. The molecule has 1 N–H and O–H groups in total. The van der Waals surface area contributed by atoms with Gasteiger partial charge in [0.15, 0.2) is 0 Å². The number of nitrogens with zero attached hydrogens (tertiary/aromatic N) is 1. The largest absolute Gasteiger partial charge is 0.374 e. The maximum Gasteiger partial charge on any atom is 0.0393 e. The van der Waals surface area contributed by atoms with E-state index in [4.69, 9.17) is 0 Å². The molecule has 1 fully saturated rings. The number of rotatable bonds is 5. The lowest BCUT2D eigenvalue weighted by Crippen LogP contribution is -2.28. The summed E-state index contributed by atoms with van der Waals surface area (Å²) in [5.74, 6) is 0.953. The predicted molar refractivity (Wildman–Crippen MR) is 84.0 cm³/mol. The van der Waals surface area contributed by atoms with E-state index >= 15 is 0 Å². The van der Waals surface area contributed by atoms with Crippen LogP contribution in [0.3, 0.4) is 0 Å². The topological polar surface area (TPSA) is 15.3 Å². The molecule has 1 aliphatic heterocycles. The Morgan fingerprint density at radius 2 is 1.95 bits per heavy atom. The molecule has 19 heavy (non-hydrogen) atoms. The molecule has 0 atom stereocenters. The molecule has 1 saturated heterocycles. The molecule has 1 heterocycles. The molecule has 1 aromatic carbocycles. The molecule has 2 heteroatoms. The average molecular weight is 260 g/mol. The van der Waals surface area contributed by atoms with Crippen molar-refractivity contribution in [1.82, 2.24) is 5.32 Å². The maximum atomic E-state index is 3.44. The molecule has 0 saturated carbocycles. The van der Waals surface area contributed by atoms with Crippen molar-refractivity contribution in [1.29, 1.82) is 0 Å². The van der Waals surface area contributed by atoms with Gasteiger partial charge in [-0.15, -0.1) is 0 Å². The summed E-state index contributed by atoms with van der Waals surface area (Å²) in [6.07, 6.45) is 5.44.